The Hall–Kier alpha value is -2.26. The third-order valence-corrected chi connectivity index (χ3v) is 4.55. The predicted molar refractivity (Wildman–Crippen MR) is 84.8 cm³/mol. The SMILES string of the molecule is CCc1nc([C@H]2CN(C(=O)c3ncoc3[C@H]3CCCO3)CCO2)n[nH]1. The number of carbonyl (C=O) groups excluding carboxylic acids is 1. The lowest BCUT2D eigenvalue weighted by Gasteiger charge is -2.31. The van der Waals surface area contributed by atoms with Gasteiger partial charge in [-0.05, 0) is 12.8 Å². The van der Waals surface area contributed by atoms with E-state index in [1.807, 2.05) is 6.92 Å². The molecule has 1 N–H and O–H groups in total. The molecule has 4 rings (SSSR count). The van der Waals surface area contributed by atoms with Gasteiger partial charge in [0.1, 0.15) is 18.0 Å². The molecule has 0 saturated carbocycles. The van der Waals surface area contributed by atoms with Crippen molar-refractivity contribution in [1.82, 2.24) is 25.1 Å². The van der Waals surface area contributed by atoms with Crippen LogP contribution < -0.4 is 0 Å². The third kappa shape index (κ3) is 3.16. The molecule has 2 aromatic rings. The lowest BCUT2D eigenvalue weighted by atomic mass is 10.1. The van der Waals surface area contributed by atoms with Crippen LogP contribution in [0, 0.1) is 0 Å². The number of amides is 1. The zero-order valence-electron chi connectivity index (χ0n) is 14.1. The van der Waals surface area contributed by atoms with Crippen molar-refractivity contribution in [1.29, 1.82) is 0 Å². The highest BCUT2D eigenvalue weighted by Gasteiger charge is 2.34. The first-order valence-electron chi connectivity index (χ1n) is 8.63. The van der Waals surface area contributed by atoms with Gasteiger partial charge in [0.05, 0.1) is 13.2 Å². The highest BCUT2D eigenvalue weighted by Crippen LogP contribution is 2.31. The fourth-order valence-corrected chi connectivity index (χ4v) is 3.18. The Balaban J connectivity index is 1.49. The quantitative estimate of drug-likeness (QED) is 0.891. The van der Waals surface area contributed by atoms with Crippen LogP contribution in [0.1, 0.15) is 59.9 Å². The largest absolute Gasteiger partial charge is 0.445 e. The summed E-state index contributed by atoms with van der Waals surface area (Å²) < 4.78 is 16.8. The van der Waals surface area contributed by atoms with Crippen LogP contribution in [-0.2, 0) is 15.9 Å². The van der Waals surface area contributed by atoms with Gasteiger partial charge in [0.15, 0.2) is 23.7 Å². The van der Waals surface area contributed by atoms with Gasteiger partial charge in [0.2, 0.25) is 0 Å². The van der Waals surface area contributed by atoms with Crippen LogP contribution in [0.3, 0.4) is 0 Å². The van der Waals surface area contributed by atoms with Crippen molar-refractivity contribution in [2.24, 2.45) is 0 Å². The van der Waals surface area contributed by atoms with Crippen LogP contribution >= 0.6 is 0 Å². The molecule has 0 bridgehead atoms. The van der Waals surface area contributed by atoms with E-state index in [-0.39, 0.29) is 18.1 Å². The fraction of sp³-hybridized carbons (Fsp3) is 0.625. The van der Waals surface area contributed by atoms with Gasteiger partial charge in [0.25, 0.3) is 5.91 Å². The summed E-state index contributed by atoms with van der Waals surface area (Å²) in [7, 11) is 0. The van der Waals surface area contributed by atoms with E-state index in [9.17, 15) is 4.79 Å². The summed E-state index contributed by atoms with van der Waals surface area (Å²) in [6.07, 6.45) is 3.36. The molecule has 0 spiro atoms. The number of rotatable bonds is 4. The minimum Gasteiger partial charge on any atom is -0.445 e. The first-order valence-corrected chi connectivity index (χ1v) is 8.63. The molecule has 0 aliphatic carbocycles. The first kappa shape index (κ1) is 16.2. The molecular formula is C16H21N5O4. The van der Waals surface area contributed by atoms with Crippen LogP contribution in [0.2, 0.25) is 0 Å². The molecule has 0 aromatic carbocycles. The Labute approximate surface area is 144 Å². The van der Waals surface area contributed by atoms with E-state index >= 15 is 0 Å². The standard InChI is InChI=1S/C16H21N5O4/c1-2-12-18-15(20-19-12)11-8-21(5-7-24-11)16(22)13-14(25-9-17-13)10-4-3-6-23-10/h9-11H,2-8H2,1H3,(H,18,19,20)/t10-,11-/m1/s1. The Bertz CT molecular complexity index is 736. The number of hydrogen-bond donors (Lipinski definition) is 1. The van der Waals surface area contributed by atoms with Gasteiger partial charge in [-0.15, -0.1) is 0 Å². The second-order valence-corrected chi connectivity index (χ2v) is 6.17. The topological polar surface area (TPSA) is 106 Å². The highest BCUT2D eigenvalue weighted by atomic mass is 16.5. The van der Waals surface area contributed by atoms with Crippen molar-refractivity contribution < 1.29 is 18.7 Å². The number of ether oxygens (including phenoxy) is 2. The molecule has 25 heavy (non-hydrogen) atoms. The fourth-order valence-electron chi connectivity index (χ4n) is 3.18. The maximum absolute atomic E-state index is 12.9. The predicted octanol–water partition coefficient (Wildman–Crippen LogP) is 1.42. The monoisotopic (exact) mass is 347 g/mol. The molecule has 2 aliphatic rings. The van der Waals surface area contributed by atoms with E-state index in [0.717, 1.165) is 25.1 Å². The number of carbonyl (C=O) groups is 1. The lowest BCUT2D eigenvalue weighted by Crippen LogP contribution is -2.43. The summed E-state index contributed by atoms with van der Waals surface area (Å²) in [5.41, 5.74) is 0.330. The van der Waals surface area contributed by atoms with Crippen LogP contribution in [0.25, 0.3) is 0 Å². The van der Waals surface area contributed by atoms with Crippen molar-refractivity contribution in [3.05, 3.63) is 29.5 Å². The van der Waals surface area contributed by atoms with Crippen LogP contribution in [0.4, 0.5) is 0 Å². The van der Waals surface area contributed by atoms with Crippen molar-refractivity contribution >= 4 is 5.91 Å². The summed E-state index contributed by atoms with van der Waals surface area (Å²) in [5, 5.41) is 7.08. The average molecular weight is 347 g/mol. The maximum Gasteiger partial charge on any atom is 0.276 e. The minimum absolute atomic E-state index is 0.168. The molecule has 2 fully saturated rings. The van der Waals surface area contributed by atoms with E-state index < -0.39 is 0 Å². The number of H-pyrrole nitrogens is 1. The van der Waals surface area contributed by atoms with Crippen LogP contribution in [0.15, 0.2) is 10.8 Å². The molecule has 2 aliphatic heterocycles. The number of aromatic amines is 1. The number of aryl methyl sites for hydroxylation is 1. The summed E-state index contributed by atoms with van der Waals surface area (Å²) in [6.45, 7) is 4.00. The van der Waals surface area contributed by atoms with Crippen molar-refractivity contribution in [3.63, 3.8) is 0 Å². The second kappa shape index (κ2) is 6.93. The Morgan fingerprint density at radius 1 is 1.36 bits per heavy atom. The van der Waals surface area contributed by atoms with Crippen molar-refractivity contribution in [2.45, 2.75) is 38.4 Å². The van der Waals surface area contributed by atoms with Gasteiger partial charge in [-0.3, -0.25) is 9.89 Å². The molecule has 2 saturated heterocycles. The molecule has 4 heterocycles. The van der Waals surface area contributed by atoms with Gasteiger partial charge in [-0.25, -0.2) is 9.97 Å². The highest BCUT2D eigenvalue weighted by molar-refractivity contribution is 5.93. The molecule has 2 aromatic heterocycles. The third-order valence-electron chi connectivity index (χ3n) is 4.55. The van der Waals surface area contributed by atoms with E-state index in [4.69, 9.17) is 13.9 Å². The second-order valence-electron chi connectivity index (χ2n) is 6.17. The Morgan fingerprint density at radius 2 is 2.24 bits per heavy atom. The minimum atomic E-state index is -0.340. The Morgan fingerprint density at radius 3 is 3.00 bits per heavy atom. The van der Waals surface area contributed by atoms with Crippen molar-refractivity contribution in [3.8, 4) is 0 Å². The number of aromatic nitrogens is 4. The van der Waals surface area contributed by atoms with Crippen molar-refractivity contribution in [2.75, 3.05) is 26.3 Å². The zero-order valence-corrected chi connectivity index (χ0v) is 14.1. The number of nitrogens with zero attached hydrogens (tertiary/aromatic N) is 4. The van der Waals surface area contributed by atoms with E-state index in [2.05, 4.69) is 20.2 Å². The number of morpholine rings is 1. The first-order chi connectivity index (χ1) is 12.3. The van der Waals surface area contributed by atoms with Crippen LogP contribution in [0.5, 0.6) is 0 Å². The molecule has 9 nitrogen and oxygen atoms in total. The number of hydrogen-bond acceptors (Lipinski definition) is 7. The van der Waals surface area contributed by atoms with Gasteiger partial charge in [-0.2, -0.15) is 5.10 Å². The van der Waals surface area contributed by atoms with E-state index in [1.54, 1.807) is 4.90 Å². The molecule has 9 heteroatoms. The molecule has 0 unspecified atom stereocenters. The van der Waals surface area contributed by atoms with E-state index in [1.165, 1.54) is 6.39 Å². The summed E-state index contributed by atoms with van der Waals surface area (Å²) >= 11 is 0. The normalized spacial score (nSPS) is 24.0. The molecular weight excluding hydrogens is 326 g/mol. The van der Waals surface area contributed by atoms with Crippen LogP contribution in [-0.4, -0.2) is 57.3 Å². The summed E-state index contributed by atoms with van der Waals surface area (Å²) in [6, 6.07) is 0. The number of oxazole rings is 1. The van der Waals surface area contributed by atoms with Gasteiger partial charge >= 0.3 is 0 Å². The molecule has 2 atom stereocenters. The molecule has 134 valence electrons. The maximum atomic E-state index is 12.9. The van der Waals surface area contributed by atoms with Gasteiger partial charge in [-0.1, -0.05) is 6.92 Å². The van der Waals surface area contributed by atoms with Gasteiger partial charge < -0.3 is 18.8 Å². The van der Waals surface area contributed by atoms with Gasteiger partial charge in [0, 0.05) is 19.6 Å². The summed E-state index contributed by atoms with van der Waals surface area (Å²) in [4.78, 5) is 23.2. The average Bonchev–Trinajstić information content (AvgIpc) is 3.41. The lowest BCUT2D eigenvalue weighted by molar-refractivity contribution is -0.0270. The smallest absolute Gasteiger partial charge is 0.276 e. The Kier molecular flexibility index (Phi) is 4.50. The molecule has 1 amide bonds. The summed E-state index contributed by atoms with van der Waals surface area (Å²) in [5.74, 6) is 1.74. The number of nitrogens with one attached hydrogen (secondary N) is 1. The molecule has 0 radical (unpaired) electrons. The zero-order chi connectivity index (χ0) is 17.2. The van der Waals surface area contributed by atoms with E-state index in [0.29, 0.717) is 43.6 Å².